The molecule has 0 unspecified atom stereocenters. The fourth-order valence-electron chi connectivity index (χ4n) is 2.94. The molecule has 5 nitrogen and oxygen atoms in total. The Morgan fingerprint density at radius 3 is 2.88 bits per heavy atom. The Bertz CT molecular complexity index is 674. The number of ether oxygens (including phenoxy) is 1. The van der Waals surface area contributed by atoms with E-state index in [0.29, 0.717) is 19.7 Å². The molecule has 5 heteroatoms. The number of rotatable bonds is 6. The predicted molar refractivity (Wildman–Crippen MR) is 93.1 cm³/mol. The summed E-state index contributed by atoms with van der Waals surface area (Å²) in [5.41, 5.74) is 3.57. The summed E-state index contributed by atoms with van der Waals surface area (Å²) in [6, 6.07) is 11.7. The van der Waals surface area contributed by atoms with Crippen molar-refractivity contribution in [3.05, 3.63) is 59.4 Å². The monoisotopic (exact) mass is 325 g/mol. The van der Waals surface area contributed by atoms with Crippen LogP contribution in [-0.4, -0.2) is 24.2 Å². The normalized spacial score (nSPS) is 13.0. The number of fused-ring (bicyclic) bond motifs is 1. The lowest BCUT2D eigenvalue weighted by Crippen LogP contribution is -2.37. The van der Waals surface area contributed by atoms with Crippen LogP contribution in [0.25, 0.3) is 0 Å². The number of pyridine rings is 1. The van der Waals surface area contributed by atoms with Gasteiger partial charge in [0.15, 0.2) is 0 Å². The third-order valence-electron chi connectivity index (χ3n) is 4.15. The molecule has 0 saturated heterocycles. The second-order valence-electron chi connectivity index (χ2n) is 5.88. The number of benzene rings is 1. The van der Waals surface area contributed by atoms with E-state index < -0.39 is 0 Å². The molecular weight excluding hydrogens is 302 g/mol. The molecule has 0 fully saturated rings. The Kier molecular flexibility index (Phi) is 5.66. The van der Waals surface area contributed by atoms with Crippen molar-refractivity contribution in [2.24, 2.45) is 0 Å². The molecule has 0 atom stereocenters. The lowest BCUT2D eigenvalue weighted by atomic mass is 9.91. The number of amides is 2. The van der Waals surface area contributed by atoms with Crippen molar-refractivity contribution in [3.63, 3.8) is 0 Å². The average molecular weight is 325 g/mol. The van der Waals surface area contributed by atoms with E-state index >= 15 is 0 Å². The number of carbonyl (C=O) groups is 1. The van der Waals surface area contributed by atoms with Crippen LogP contribution in [0.3, 0.4) is 0 Å². The Hall–Kier alpha value is -2.56. The summed E-state index contributed by atoms with van der Waals surface area (Å²) >= 11 is 0. The molecule has 2 aromatic rings. The second kappa shape index (κ2) is 8.34. The molecule has 1 aromatic heterocycles. The van der Waals surface area contributed by atoms with Gasteiger partial charge in [0.1, 0.15) is 12.4 Å². The van der Waals surface area contributed by atoms with Crippen molar-refractivity contribution < 1.29 is 9.53 Å². The van der Waals surface area contributed by atoms with Gasteiger partial charge in [0.2, 0.25) is 0 Å². The largest absolute Gasteiger partial charge is 0.491 e. The first-order valence-electron chi connectivity index (χ1n) is 8.48. The van der Waals surface area contributed by atoms with E-state index in [1.54, 1.807) is 6.20 Å². The third-order valence-corrected chi connectivity index (χ3v) is 4.15. The molecule has 24 heavy (non-hydrogen) atoms. The van der Waals surface area contributed by atoms with Crippen molar-refractivity contribution in [3.8, 4) is 5.75 Å². The first-order valence-corrected chi connectivity index (χ1v) is 8.48. The summed E-state index contributed by atoms with van der Waals surface area (Å²) in [7, 11) is 0. The number of nitrogens with one attached hydrogen (secondary N) is 2. The summed E-state index contributed by atoms with van der Waals surface area (Å²) < 4.78 is 5.86. The Balaban J connectivity index is 1.39. The van der Waals surface area contributed by atoms with Crippen molar-refractivity contribution in [2.45, 2.75) is 32.2 Å². The van der Waals surface area contributed by atoms with Crippen LogP contribution in [0, 0.1) is 0 Å². The highest BCUT2D eigenvalue weighted by Crippen LogP contribution is 2.29. The van der Waals surface area contributed by atoms with Gasteiger partial charge in [0.25, 0.3) is 0 Å². The fourth-order valence-corrected chi connectivity index (χ4v) is 2.94. The maximum atomic E-state index is 11.8. The van der Waals surface area contributed by atoms with Crippen molar-refractivity contribution >= 4 is 6.03 Å². The van der Waals surface area contributed by atoms with E-state index in [-0.39, 0.29) is 6.03 Å². The number of nitrogens with zero attached hydrogens (tertiary/aromatic N) is 1. The highest BCUT2D eigenvalue weighted by Gasteiger charge is 2.13. The second-order valence-corrected chi connectivity index (χ2v) is 5.88. The van der Waals surface area contributed by atoms with Crippen molar-refractivity contribution in [1.29, 1.82) is 0 Å². The van der Waals surface area contributed by atoms with Crippen LogP contribution in [-0.2, 0) is 19.4 Å². The minimum absolute atomic E-state index is 0.209. The van der Waals surface area contributed by atoms with Gasteiger partial charge in [-0.3, -0.25) is 4.98 Å². The molecule has 3 rings (SSSR count). The van der Waals surface area contributed by atoms with Gasteiger partial charge in [0, 0.05) is 6.20 Å². The van der Waals surface area contributed by atoms with Gasteiger partial charge in [-0.05, 0) is 55.0 Å². The highest BCUT2D eigenvalue weighted by atomic mass is 16.5. The number of hydrogen-bond acceptors (Lipinski definition) is 3. The van der Waals surface area contributed by atoms with Crippen LogP contribution < -0.4 is 15.4 Å². The molecule has 2 amide bonds. The van der Waals surface area contributed by atoms with E-state index in [0.717, 1.165) is 24.3 Å². The first-order chi connectivity index (χ1) is 11.8. The van der Waals surface area contributed by atoms with Gasteiger partial charge in [-0.1, -0.05) is 18.2 Å². The quantitative estimate of drug-likeness (QED) is 0.803. The van der Waals surface area contributed by atoms with Crippen molar-refractivity contribution in [1.82, 2.24) is 15.6 Å². The summed E-state index contributed by atoms with van der Waals surface area (Å²) in [5.74, 6) is 0.961. The van der Waals surface area contributed by atoms with E-state index in [4.69, 9.17) is 4.74 Å². The zero-order valence-corrected chi connectivity index (χ0v) is 13.8. The number of aryl methyl sites for hydroxylation is 1. The molecule has 1 aliphatic carbocycles. The summed E-state index contributed by atoms with van der Waals surface area (Å²) in [4.78, 5) is 15.9. The van der Waals surface area contributed by atoms with Gasteiger partial charge in [-0.25, -0.2) is 4.79 Å². The molecule has 2 N–H and O–H groups in total. The lowest BCUT2D eigenvalue weighted by molar-refractivity contribution is 0.235. The van der Waals surface area contributed by atoms with Gasteiger partial charge < -0.3 is 15.4 Å². The van der Waals surface area contributed by atoms with Crippen LogP contribution in [0.2, 0.25) is 0 Å². The van der Waals surface area contributed by atoms with Crippen LogP contribution in [0.15, 0.2) is 42.6 Å². The Morgan fingerprint density at radius 1 is 1.08 bits per heavy atom. The summed E-state index contributed by atoms with van der Waals surface area (Å²) in [6.07, 6.45) is 6.42. The molecule has 126 valence electrons. The number of aromatic nitrogens is 1. The maximum Gasteiger partial charge on any atom is 0.315 e. The molecule has 0 aliphatic heterocycles. The number of urea groups is 1. The minimum Gasteiger partial charge on any atom is -0.491 e. The lowest BCUT2D eigenvalue weighted by Gasteiger charge is -2.19. The topological polar surface area (TPSA) is 63.2 Å². The molecule has 0 radical (unpaired) electrons. The average Bonchev–Trinajstić information content (AvgIpc) is 2.64. The molecule has 0 bridgehead atoms. The molecule has 1 heterocycles. The third kappa shape index (κ3) is 4.47. The zero-order valence-electron chi connectivity index (χ0n) is 13.8. The molecular formula is C19H23N3O2. The molecule has 1 aliphatic rings. The van der Waals surface area contributed by atoms with Crippen LogP contribution in [0.5, 0.6) is 5.75 Å². The van der Waals surface area contributed by atoms with E-state index in [2.05, 4.69) is 21.7 Å². The molecule has 0 saturated carbocycles. The van der Waals surface area contributed by atoms with Crippen LogP contribution in [0.1, 0.15) is 29.7 Å². The Labute approximate surface area is 142 Å². The molecule has 0 spiro atoms. The van der Waals surface area contributed by atoms with E-state index in [9.17, 15) is 4.79 Å². The standard InChI is InChI=1S/C19H23N3O2/c23-19(22-14-16-8-3-4-11-20-16)21-12-13-24-18-10-5-7-15-6-1-2-9-17(15)18/h3-5,7-8,10-11H,1-2,6,9,12-14H2,(H2,21,22,23). The summed E-state index contributed by atoms with van der Waals surface area (Å²) in [5, 5.41) is 5.58. The fraction of sp³-hybridized carbons (Fsp3) is 0.368. The highest BCUT2D eigenvalue weighted by molar-refractivity contribution is 5.73. The van der Waals surface area contributed by atoms with E-state index in [1.165, 1.54) is 24.0 Å². The zero-order chi connectivity index (χ0) is 16.6. The molecule has 1 aromatic carbocycles. The number of hydrogen-bond donors (Lipinski definition) is 2. The van der Waals surface area contributed by atoms with Crippen LogP contribution in [0.4, 0.5) is 4.79 Å². The Morgan fingerprint density at radius 2 is 2.00 bits per heavy atom. The first kappa shape index (κ1) is 16.3. The minimum atomic E-state index is -0.209. The summed E-state index contributed by atoms with van der Waals surface area (Å²) in [6.45, 7) is 1.35. The predicted octanol–water partition coefficient (Wildman–Crippen LogP) is 2.84. The van der Waals surface area contributed by atoms with Crippen molar-refractivity contribution in [2.75, 3.05) is 13.2 Å². The maximum absolute atomic E-state index is 11.8. The van der Waals surface area contributed by atoms with Crippen LogP contribution >= 0.6 is 0 Å². The number of carbonyl (C=O) groups excluding carboxylic acids is 1. The van der Waals surface area contributed by atoms with Gasteiger partial charge in [-0.15, -0.1) is 0 Å². The SMILES string of the molecule is O=C(NCCOc1cccc2c1CCCC2)NCc1ccccn1. The van der Waals surface area contributed by atoms with Gasteiger partial charge >= 0.3 is 6.03 Å². The van der Waals surface area contributed by atoms with Gasteiger partial charge in [0.05, 0.1) is 18.8 Å². The van der Waals surface area contributed by atoms with E-state index in [1.807, 2.05) is 30.3 Å². The van der Waals surface area contributed by atoms with Gasteiger partial charge in [-0.2, -0.15) is 0 Å². The smallest absolute Gasteiger partial charge is 0.315 e.